The Bertz CT molecular complexity index is 954. The summed E-state index contributed by atoms with van der Waals surface area (Å²) >= 11 is 2.83. The SMILES string of the molecule is CC1Cc2nc(SCC(=O)N3CCCCCC3)n(-c3ccc(F)cc3)c(=O)c2S1. The highest BCUT2D eigenvalue weighted by Crippen LogP contribution is 2.35. The third-order valence-corrected chi connectivity index (χ3v) is 7.39. The van der Waals surface area contributed by atoms with Gasteiger partial charge in [-0.05, 0) is 37.1 Å². The first-order valence-electron chi connectivity index (χ1n) is 10.0. The number of carbonyl (C=O) groups excluding carboxylic acids is 1. The molecular weight excluding hydrogens is 409 g/mol. The van der Waals surface area contributed by atoms with E-state index in [1.165, 1.54) is 53.1 Å². The van der Waals surface area contributed by atoms with Crippen LogP contribution in [0.3, 0.4) is 0 Å². The summed E-state index contributed by atoms with van der Waals surface area (Å²) in [7, 11) is 0. The Labute approximate surface area is 178 Å². The second-order valence-electron chi connectivity index (χ2n) is 7.50. The van der Waals surface area contributed by atoms with Crippen LogP contribution in [0.25, 0.3) is 5.69 Å². The van der Waals surface area contributed by atoms with Crippen molar-refractivity contribution in [2.75, 3.05) is 18.8 Å². The van der Waals surface area contributed by atoms with Gasteiger partial charge in [0.2, 0.25) is 5.91 Å². The van der Waals surface area contributed by atoms with Gasteiger partial charge >= 0.3 is 0 Å². The van der Waals surface area contributed by atoms with Gasteiger partial charge in [-0.15, -0.1) is 11.8 Å². The molecular formula is C21H24FN3O2S2. The number of likely N-dealkylation sites (tertiary alicyclic amines) is 1. The van der Waals surface area contributed by atoms with Crippen molar-refractivity contribution in [2.24, 2.45) is 0 Å². The second-order valence-corrected chi connectivity index (χ2v) is 9.89. The van der Waals surface area contributed by atoms with Crippen LogP contribution >= 0.6 is 23.5 Å². The molecule has 4 rings (SSSR count). The van der Waals surface area contributed by atoms with E-state index in [-0.39, 0.29) is 23.0 Å². The Morgan fingerprint density at radius 3 is 2.59 bits per heavy atom. The standard InChI is InChI=1S/C21H24FN3O2S2/c1-14-12-17-19(29-14)20(27)25(16-8-6-15(22)7-9-16)21(23-17)28-13-18(26)24-10-4-2-3-5-11-24/h6-9,14H,2-5,10-13H2,1H3. The zero-order chi connectivity index (χ0) is 20.4. The number of fused-ring (bicyclic) bond motifs is 1. The van der Waals surface area contributed by atoms with Crippen LogP contribution in [0.5, 0.6) is 0 Å². The molecule has 0 spiro atoms. The lowest BCUT2D eigenvalue weighted by atomic mass is 10.2. The van der Waals surface area contributed by atoms with Gasteiger partial charge in [0.05, 0.1) is 22.0 Å². The first kappa shape index (κ1) is 20.5. The van der Waals surface area contributed by atoms with E-state index in [0.29, 0.717) is 21.0 Å². The van der Waals surface area contributed by atoms with E-state index >= 15 is 0 Å². The number of hydrogen-bond acceptors (Lipinski definition) is 5. The molecule has 5 nitrogen and oxygen atoms in total. The Hall–Kier alpha value is -1.80. The average Bonchev–Trinajstić information content (AvgIpc) is 2.91. The van der Waals surface area contributed by atoms with Crippen molar-refractivity contribution in [3.05, 3.63) is 46.1 Å². The minimum Gasteiger partial charge on any atom is -0.342 e. The van der Waals surface area contributed by atoms with Crippen LogP contribution in [0.15, 0.2) is 39.1 Å². The van der Waals surface area contributed by atoms with Gasteiger partial charge < -0.3 is 4.90 Å². The van der Waals surface area contributed by atoms with Crippen LogP contribution < -0.4 is 5.56 Å². The van der Waals surface area contributed by atoms with E-state index in [0.717, 1.165) is 38.0 Å². The Morgan fingerprint density at radius 1 is 1.21 bits per heavy atom. The van der Waals surface area contributed by atoms with E-state index in [2.05, 4.69) is 6.92 Å². The normalized spacial score (nSPS) is 19.1. The lowest BCUT2D eigenvalue weighted by Gasteiger charge is -2.20. The molecule has 3 heterocycles. The molecule has 1 amide bonds. The highest BCUT2D eigenvalue weighted by molar-refractivity contribution is 8.00. The second kappa shape index (κ2) is 8.92. The molecule has 2 aliphatic rings. The summed E-state index contributed by atoms with van der Waals surface area (Å²) < 4.78 is 14.9. The fourth-order valence-electron chi connectivity index (χ4n) is 3.75. The maximum atomic E-state index is 13.4. The van der Waals surface area contributed by atoms with Gasteiger partial charge in [0.15, 0.2) is 5.16 Å². The van der Waals surface area contributed by atoms with Gasteiger partial charge in [-0.3, -0.25) is 14.2 Å². The largest absolute Gasteiger partial charge is 0.342 e. The van der Waals surface area contributed by atoms with Gasteiger partial charge in [-0.1, -0.05) is 31.5 Å². The summed E-state index contributed by atoms with van der Waals surface area (Å²) in [4.78, 5) is 33.2. The number of halogens is 1. The van der Waals surface area contributed by atoms with Crippen LogP contribution in [-0.2, 0) is 11.2 Å². The van der Waals surface area contributed by atoms with Crippen molar-refractivity contribution >= 4 is 29.4 Å². The number of carbonyl (C=O) groups is 1. The van der Waals surface area contributed by atoms with Gasteiger partial charge in [0.25, 0.3) is 5.56 Å². The molecule has 1 aromatic heterocycles. The van der Waals surface area contributed by atoms with Crippen molar-refractivity contribution < 1.29 is 9.18 Å². The molecule has 0 aliphatic carbocycles. The number of benzene rings is 1. The van der Waals surface area contributed by atoms with Crippen molar-refractivity contribution in [3.63, 3.8) is 0 Å². The molecule has 1 saturated heterocycles. The lowest BCUT2D eigenvalue weighted by molar-refractivity contribution is -0.128. The molecule has 1 unspecified atom stereocenters. The summed E-state index contributed by atoms with van der Waals surface area (Å²) in [6.07, 6.45) is 5.17. The molecule has 1 aromatic carbocycles. The number of amides is 1. The average molecular weight is 434 g/mol. The fraction of sp³-hybridized carbons (Fsp3) is 0.476. The fourth-order valence-corrected chi connectivity index (χ4v) is 5.78. The molecule has 154 valence electrons. The smallest absolute Gasteiger partial charge is 0.272 e. The first-order valence-corrected chi connectivity index (χ1v) is 11.9. The number of rotatable bonds is 4. The molecule has 29 heavy (non-hydrogen) atoms. The van der Waals surface area contributed by atoms with Crippen LogP contribution in [0.4, 0.5) is 4.39 Å². The number of hydrogen-bond donors (Lipinski definition) is 0. The minimum absolute atomic E-state index is 0.0834. The van der Waals surface area contributed by atoms with Crippen LogP contribution in [-0.4, -0.2) is 44.5 Å². The third-order valence-electron chi connectivity index (χ3n) is 5.25. The van der Waals surface area contributed by atoms with E-state index < -0.39 is 0 Å². The summed E-state index contributed by atoms with van der Waals surface area (Å²) in [5, 5.41) is 0.795. The lowest BCUT2D eigenvalue weighted by Crippen LogP contribution is -2.33. The van der Waals surface area contributed by atoms with E-state index in [4.69, 9.17) is 4.98 Å². The number of aromatic nitrogens is 2. The van der Waals surface area contributed by atoms with Gasteiger partial charge in [0.1, 0.15) is 5.82 Å². The van der Waals surface area contributed by atoms with Crippen molar-refractivity contribution in [2.45, 2.75) is 54.3 Å². The number of thioether (sulfide) groups is 2. The highest BCUT2D eigenvalue weighted by Gasteiger charge is 2.27. The van der Waals surface area contributed by atoms with E-state index in [1.54, 1.807) is 12.1 Å². The van der Waals surface area contributed by atoms with Crippen molar-refractivity contribution in [3.8, 4) is 5.69 Å². The van der Waals surface area contributed by atoms with Crippen LogP contribution in [0.2, 0.25) is 0 Å². The predicted octanol–water partition coefficient (Wildman–Crippen LogP) is 3.90. The monoisotopic (exact) mass is 433 g/mol. The summed E-state index contributed by atoms with van der Waals surface area (Å²) in [5.74, 6) is -0.0284. The van der Waals surface area contributed by atoms with E-state index in [1.807, 2.05) is 4.90 Å². The summed E-state index contributed by atoms with van der Waals surface area (Å²) in [6, 6.07) is 5.83. The molecule has 2 aliphatic heterocycles. The van der Waals surface area contributed by atoms with Crippen LogP contribution in [0.1, 0.15) is 38.3 Å². The zero-order valence-electron chi connectivity index (χ0n) is 16.4. The molecule has 0 saturated carbocycles. The molecule has 2 aromatic rings. The Balaban J connectivity index is 1.64. The van der Waals surface area contributed by atoms with Crippen molar-refractivity contribution in [1.29, 1.82) is 0 Å². The Kier molecular flexibility index (Phi) is 6.29. The molecule has 1 fully saturated rings. The predicted molar refractivity (Wildman–Crippen MR) is 115 cm³/mol. The zero-order valence-corrected chi connectivity index (χ0v) is 18.0. The Morgan fingerprint density at radius 2 is 1.90 bits per heavy atom. The maximum absolute atomic E-state index is 13.4. The van der Waals surface area contributed by atoms with Gasteiger partial charge in [0, 0.05) is 24.8 Å². The minimum atomic E-state index is -0.357. The first-order chi connectivity index (χ1) is 14.0. The molecule has 0 bridgehead atoms. The maximum Gasteiger partial charge on any atom is 0.272 e. The molecule has 0 N–H and O–H groups in total. The molecule has 0 radical (unpaired) electrons. The highest BCUT2D eigenvalue weighted by atomic mass is 32.2. The topological polar surface area (TPSA) is 55.2 Å². The summed E-state index contributed by atoms with van der Waals surface area (Å²) in [5.41, 5.74) is 1.23. The molecule has 1 atom stereocenters. The van der Waals surface area contributed by atoms with Crippen molar-refractivity contribution in [1.82, 2.24) is 14.5 Å². The number of nitrogens with zero attached hydrogens (tertiary/aromatic N) is 3. The van der Waals surface area contributed by atoms with Gasteiger partial charge in [-0.2, -0.15) is 0 Å². The summed E-state index contributed by atoms with van der Waals surface area (Å²) in [6.45, 7) is 3.68. The molecule has 8 heteroatoms. The van der Waals surface area contributed by atoms with Crippen LogP contribution in [0, 0.1) is 5.82 Å². The quantitative estimate of drug-likeness (QED) is 0.541. The van der Waals surface area contributed by atoms with E-state index in [9.17, 15) is 14.0 Å². The third kappa shape index (κ3) is 4.53. The van der Waals surface area contributed by atoms with Gasteiger partial charge in [-0.25, -0.2) is 9.37 Å².